The van der Waals surface area contributed by atoms with E-state index in [2.05, 4.69) is 45.1 Å². The van der Waals surface area contributed by atoms with Crippen LogP contribution >= 0.6 is 15.9 Å². The van der Waals surface area contributed by atoms with Crippen molar-refractivity contribution in [3.05, 3.63) is 15.9 Å². The van der Waals surface area contributed by atoms with Crippen LogP contribution in [0.25, 0.3) is 0 Å². The highest BCUT2D eigenvalue weighted by atomic mass is 79.9. The highest BCUT2D eigenvalue weighted by Gasteiger charge is 2.20. The summed E-state index contributed by atoms with van der Waals surface area (Å²) in [5.41, 5.74) is 2.45. The number of likely N-dealkylation sites (N-methyl/N-ethyl adjacent to an activating group) is 1. The first-order chi connectivity index (χ1) is 9.15. The van der Waals surface area contributed by atoms with Gasteiger partial charge in [-0.3, -0.25) is 9.58 Å². The molecule has 2 rings (SSSR count). The Hall–Kier alpha value is -0.390. The average Bonchev–Trinajstić information content (AvgIpc) is 3.00. The Bertz CT molecular complexity index is 410. The number of aromatic nitrogens is 2. The number of hydrogen-bond acceptors (Lipinski definition) is 3. The zero-order valence-corrected chi connectivity index (χ0v) is 13.8. The third kappa shape index (κ3) is 3.58. The number of nitrogens with zero attached hydrogens (tertiary/aromatic N) is 3. The lowest BCUT2D eigenvalue weighted by Crippen LogP contribution is -2.37. The lowest BCUT2D eigenvalue weighted by Gasteiger charge is -2.24. The van der Waals surface area contributed by atoms with Gasteiger partial charge in [-0.05, 0) is 48.3 Å². The molecule has 0 amide bonds. The summed E-state index contributed by atoms with van der Waals surface area (Å²) in [6, 6.07) is 0.664. The molecule has 2 heterocycles. The summed E-state index contributed by atoms with van der Waals surface area (Å²) in [5.74, 6) is 0. The third-order valence-electron chi connectivity index (χ3n) is 3.96. The van der Waals surface area contributed by atoms with Gasteiger partial charge < -0.3 is 5.32 Å². The number of rotatable bonds is 6. The van der Waals surface area contributed by atoms with Crippen molar-refractivity contribution in [1.82, 2.24) is 20.0 Å². The average molecular weight is 329 g/mol. The SMILES string of the molecule is CCc1nn(C)c(CN(CC)CC2CCCN2)c1Br. The lowest BCUT2D eigenvalue weighted by atomic mass is 10.2. The molecule has 19 heavy (non-hydrogen) atoms. The van der Waals surface area contributed by atoms with Gasteiger partial charge in [-0.1, -0.05) is 13.8 Å². The summed E-state index contributed by atoms with van der Waals surface area (Å²) in [4.78, 5) is 2.50. The van der Waals surface area contributed by atoms with Gasteiger partial charge in [-0.15, -0.1) is 0 Å². The van der Waals surface area contributed by atoms with Gasteiger partial charge in [0.05, 0.1) is 15.9 Å². The predicted molar refractivity (Wildman–Crippen MR) is 82.3 cm³/mol. The van der Waals surface area contributed by atoms with Crippen LogP contribution in [0.4, 0.5) is 0 Å². The molecule has 1 aliphatic heterocycles. The predicted octanol–water partition coefficient (Wildman–Crippen LogP) is 2.32. The maximum Gasteiger partial charge on any atom is 0.0767 e. The first-order valence-corrected chi connectivity index (χ1v) is 8.11. The van der Waals surface area contributed by atoms with Gasteiger partial charge in [0.2, 0.25) is 0 Å². The Morgan fingerprint density at radius 1 is 1.47 bits per heavy atom. The van der Waals surface area contributed by atoms with E-state index in [9.17, 15) is 0 Å². The number of hydrogen-bond donors (Lipinski definition) is 1. The molecule has 5 heteroatoms. The minimum atomic E-state index is 0.664. The van der Waals surface area contributed by atoms with Crippen LogP contribution in [0.1, 0.15) is 38.1 Å². The van der Waals surface area contributed by atoms with Crippen molar-refractivity contribution in [1.29, 1.82) is 0 Å². The van der Waals surface area contributed by atoms with E-state index in [0.717, 1.165) is 31.7 Å². The minimum absolute atomic E-state index is 0.664. The Morgan fingerprint density at radius 2 is 2.26 bits per heavy atom. The van der Waals surface area contributed by atoms with E-state index in [-0.39, 0.29) is 0 Å². The van der Waals surface area contributed by atoms with Crippen LogP contribution in [-0.2, 0) is 20.0 Å². The number of halogens is 1. The molecule has 4 nitrogen and oxygen atoms in total. The number of aryl methyl sites for hydroxylation is 2. The van der Waals surface area contributed by atoms with E-state index in [1.165, 1.54) is 29.6 Å². The van der Waals surface area contributed by atoms with Gasteiger partial charge in [-0.25, -0.2) is 0 Å². The van der Waals surface area contributed by atoms with E-state index in [4.69, 9.17) is 0 Å². The molecule has 1 aromatic heterocycles. The van der Waals surface area contributed by atoms with Gasteiger partial charge in [0.1, 0.15) is 0 Å². The quantitative estimate of drug-likeness (QED) is 0.869. The molecule has 0 spiro atoms. The summed E-state index contributed by atoms with van der Waals surface area (Å²) in [5, 5.41) is 8.15. The molecule has 0 aliphatic carbocycles. The van der Waals surface area contributed by atoms with E-state index < -0.39 is 0 Å². The molecule has 1 atom stereocenters. The smallest absolute Gasteiger partial charge is 0.0767 e. The molecule has 1 aliphatic rings. The highest BCUT2D eigenvalue weighted by Crippen LogP contribution is 2.23. The zero-order valence-electron chi connectivity index (χ0n) is 12.2. The van der Waals surface area contributed by atoms with E-state index in [1.807, 2.05) is 11.7 Å². The molecule has 1 fully saturated rings. The zero-order chi connectivity index (χ0) is 13.8. The lowest BCUT2D eigenvalue weighted by molar-refractivity contribution is 0.247. The molecule has 0 aromatic carbocycles. The summed E-state index contributed by atoms with van der Waals surface area (Å²) in [7, 11) is 2.04. The fourth-order valence-corrected chi connectivity index (χ4v) is 3.47. The van der Waals surface area contributed by atoms with Crippen LogP contribution in [0, 0.1) is 0 Å². The standard InChI is InChI=1S/C14H25BrN4/c1-4-12-14(15)13(18(3)17-12)10-19(5-2)9-11-7-6-8-16-11/h11,16H,4-10H2,1-3H3. The summed E-state index contributed by atoms with van der Waals surface area (Å²) in [6.07, 6.45) is 3.60. The summed E-state index contributed by atoms with van der Waals surface area (Å²) < 4.78 is 3.21. The summed E-state index contributed by atoms with van der Waals surface area (Å²) >= 11 is 3.71. The molecule has 0 bridgehead atoms. The van der Waals surface area contributed by atoms with Crippen molar-refractivity contribution in [3.63, 3.8) is 0 Å². The molecular formula is C14H25BrN4. The topological polar surface area (TPSA) is 33.1 Å². The second kappa shape index (κ2) is 6.86. The van der Waals surface area contributed by atoms with Gasteiger partial charge in [0.25, 0.3) is 0 Å². The summed E-state index contributed by atoms with van der Waals surface area (Å²) in [6.45, 7) is 8.75. The maximum atomic E-state index is 4.58. The van der Waals surface area contributed by atoms with Gasteiger partial charge >= 0.3 is 0 Å². The molecule has 0 radical (unpaired) electrons. The largest absolute Gasteiger partial charge is 0.313 e. The third-order valence-corrected chi connectivity index (χ3v) is 4.88. The number of nitrogens with one attached hydrogen (secondary N) is 1. The Kier molecular flexibility index (Phi) is 5.42. The molecule has 1 aromatic rings. The molecule has 1 saturated heterocycles. The fraction of sp³-hybridized carbons (Fsp3) is 0.786. The molecule has 1 N–H and O–H groups in total. The van der Waals surface area contributed by atoms with Crippen molar-refractivity contribution in [3.8, 4) is 0 Å². The maximum absolute atomic E-state index is 4.58. The first-order valence-electron chi connectivity index (χ1n) is 7.31. The van der Waals surface area contributed by atoms with Crippen molar-refractivity contribution >= 4 is 15.9 Å². The van der Waals surface area contributed by atoms with Crippen molar-refractivity contribution < 1.29 is 0 Å². The van der Waals surface area contributed by atoms with Crippen LogP contribution in [-0.4, -0.2) is 40.4 Å². The van der Waals surface area contributed by atoms with Crippen molar-refractivity contribution in [2.75, 3.05) is 19.6 Å². The molecular weight excluding hydrogens is 304 g/mol. The monoisotopic (exact) mass is 328 g/mol. The van der Waals surface area contributed by atoms with Crippen LogP contribution in [0.3, 0.4) is 0 Å². The van der Waals surface area contributed by atoms with Gasteiger partial charge in [0, 0.05) is 26.2 Å². The van der Waals surface area contributed by atoms with Crippen LogP contribution in [0.15, 0.2) is 4.47 Å². The Labute approximate surface area is 124 Å². The van der Waals surface area contributed by atoms with Gasteiger partial charge in [0.15, 0.2) is 0 Å². The Balaban J connectivity index is 2.02. The van der Waals surface area contributed by atoms with Crippen molar-refractivity contribution in [2.24, 2.45) is 7.05 Å². The first kappa shape index (κ1) is 15.0. The van der Waals surface area contributed by atoms with E-state index in [1.54, 1.807) is 0 Å². The minimum Gasteiger partial charge on any atom is -0.313 e. The molecule has 108 valence electrons. The highest BCUT2D eigenvalue weighted by molar-refractivity contribution is 9.10. The van der Waals surface area contributed by atoms with Crippen LogP contribution < -0.4 is 5.32 Å². The second-order valence-corrected chi connectivity index (χ2v) is 6.10. The van der Waals surface area contributed by atoms with Crippen LogP contribution in [0.5, 0.6) is 0 Å². The molecule has 0 saturated carbocycles. The van der Waals surface area contributed by atoms with Crippen molar-refractivity contribution in [2.45, 2.75) is 45.7 Å². The molecule has 1 unspecified atom stereocenters. The van der Waals surface area contributed by atoms with E-state index >= 15 is 0 Å². The second-order valence-electron chi connectivity index (χ2n) is 5.31. The fourth-order valence-electron chi connectivity index (χ4n) is 2.73. The van der Waals surface area contributed by atoms with Crippen LogP contribution in [0.2, 0.25) is 0 Å². The Morgan fingerprint density at radius 3 is 2.79 bits per heavy atom. The van der Waals surface area contributed by atoms with Gasteiger partial charge in [-0.2, -0.15) is 5.10 Å². The van der Waals surface area contributed by atoms with E-state index in [0.29, 0.717) is 6.04 Å². The normalized spacial score (nSPS) is 19.5.